The van der Waals surface area contributed by atoms with E-state index in [1.54, 1.807) is 37.3 Å². The molecular weight excluding hydrogens is 435 g/mol. The molecule has 3 N–H and O–H groups in total. The van der Waals surface area contributed by atoms with Crippen molar-refractivity contribution in [2.45, 2.75) is 13.5 Å². The lowest BCUT2D eigenvalue weighted by molar-refractivity contribution is 0.568. The fraction of sp³-hybridized carbons (Fsp3) is 0.125. The standard InChI is InChI=1S/C24H19FN8O/c1-2-26-8-13-7-15(10-27-9-13)20-19(25)18-17(11-29-20)32-33-22(18)24-30-21-16(14-4-6-34-12-14)3-5-28-23(21)31-24/h3-7,9-12,26H,2,8H2,1H3,(H,32,33)(H,28,30,31). The first kappa shape index (κ1) is 20.2. The molecule has 6 heterocycles. The minimum Gasteiger partial charge on any atom is -0.472 e. The molecule has 0 aliphatic carbocycles. The fourth-order valence-corrected chi connectivity index (χ4v) is 4.01. The lowest BCUT2D eigenvalue weighted by atomic mass is 10.1. The number of nitrogens with one attached hydrogen (secondary N) is 3. The van der Waals surface area contributed by atoms with Crippen molar-refractivity contribution in [1.82, 2.24) is 40.4 Å². The van der Waals surface area contributed by atoms with Crippen LogP contribution in [0.15, 0.2) is 59.9 Å². The molecule has 0 spiro atoms. The van der Waals surface area contributed by atoms with Gasteiger partial charge in [0.05, 0.1) is 35.1 Å². The number of halogens is 1. The molecule has 0 aromatic carbocycles. The lowest BCUT2D eigenvalue weighted by Crippen LogP contribution is -2.11. The van der Waals surface area contributed by atoms with Gasteiger partial charge in [0, 0.05) is 41.8 Å². The largest absolute Gasteiger partial charge is 0.472 e. The molecule has 10 heteroatoms. The Morgan fingerprint density at radius 3 is 2.88 bits per heavy atom. The summed E-state index contributed by atoms with van der Waals surface area (Å²) in [6.45, 7) is 3.50. The van der Waals surface area contributed by atoms with E-state index in [0.29, 0.717) is 45.7 Å². The zero-order chi connectivity index (χ0) is 23.1. The van der Waals surface area contributed by atoms with E-state index in [9.17, 15) is 0 Å². The second kappa shape index (κ2) is 8.16. The van der Waals surface area contributed by atoms with Gasteiger partial charge in [-0.1, -0.05) is 6.92 Å². The highest BCUT2D eigenvalue weighted by Crippen LogP contribution is 2.34. The highest BCUT2D eigenvalue weighted by atomic mass is 19.1. The molecule has 0 bridgehead atoms. The topological polar surface area (TPSA) is 121 Å². The monoisotopic (exact) mass is 454 g/mol. The van der Waals surface area contributed by atoms with Gasteiger partial charge in [0.25, 0.3) is 0 Å². The Morgan fingerprint density at radius 1 is 1.09 bits per heavy atom. The molecule has 0 saturated heterocycles. The summed E-state index contributed by atoms with van der Waals surface area (Å²) >= 11 is 0. The van der Waals surface area contributed by atoms with E-state index in [1.807, 2.05) is 25.1 Å². The van der Waals surface area contributed by atoms with Gasteiger partial charge >= 0.3 is 0 Å². The van der Waals surface area contributed by atoms with Crippen LogP contribution in [0.25, 0.3) is 56.0 Å². The van der Waals surface area contributed by atoms with Crippen LogP contribution in [0.1, 0.15) is 12.5 Å². The van der Waals surface area contributed by atoms with Gasteiger partial charge < -0.3 is 14.7 Å². The van der Waals surface area contributed by atoms with Crippen molar-refractivity contribution in [2.24, 2.45) is 0 Å². The van der Waals surface area contributed by atoms with Crippen LogP contribution in [0.4, 0.5) is 4.39 Å². The number of nitrogens with zero attached hydrogens (tertiary/aromatic N) is 5. The zero-order valence-electron chi connectivity index (χ0n) is 18.1. The van der Waals surface area contributed by atoms with Crippen LogP contribution in [-0.4, -0.2) is 41.7 Å². The fourth-order valence-electron chi connectivity index (χ4n) is 4.01. The Morgan fingerprint density at radius 2 is 2.03 bits per heavy atom. The van der Waals surface area contributed by atoms with Gasteiger partial charge in [0.2, 0.25) is 0 Å². The first-order chi connectivity index (χ1) is 16.7. The number of aromatic nitrogens is 7. The smallest absolute Gasteiger partial charge is 0.178 e. The molecule has 0 aliphatic heterocycles. The number of hydrogen-bond donors (Lipinski definition) is 3. The average Bonchev–Trinajstić information content (AvgIpc) is 3.62. The maximum atomic E-state index is 15.8. The predicted molar refractivity (Wildman–Crippen MR) is 125 cm³/mol. The molecule has 0 amide bonds. The molecule has 0 saturated carbocycles. The molecule has 0 aliphatic rings. The molecular formula is C24H19FN8O. The molecule has 6 rings (SSSR count). The number of rotatable bonds is 6. The molecule has 9 nitrogen and oxygen atoms in total. The van der Waals surface area contributed by atoms with E-state index in [1.165, 1.54) is 0 Å². The third-order valence-electron chi connectivity index (χ3n) is 5.64. The summed E-state index contributed by atoms with van der Waals surface area (Å²) < 4.78 is 21.1. The van der Waals surface area contributed by atoms with Gasteiger partial charge in [0.1, 0.15) is 11.4 Å². The normalized spacial score (nSPS) is 11.6. The summed E-state index contributed by atoms with van der Waals surface area (Å²) in [5, 5.41) is 10.7. The van der Waals surface area contributed by atoms with Crippen LogP contribution in [0, 0.1) is 5.82 Å². The third kappa shape index (κ3) is 3.32. The number of fused-ring (bicyclic) bond motifs is 2. The number of H-pyrrole nitrogens is 2. The van der Waals surface area contributed by atoms with E-state index in [4.69, 9.17) is 4.42 Å². The van der Waals surface area contributed by atoms with E-state index in [0.717, 1.165) is 23.2 Å². The summed E-state index contributed by atoms with van der Waals surface area (Å²) in [6, 6.07) is 5.61. The number of aromatic amines is 2. The molecule has 168 valence electrons. The van der Waals surface area contributed by atoms with Gasteiger partial charge in [-0.25, -0.2) is 14.4 Å². The minimum atomic E-state index is -0.493. The van der Waals surface area contributed by atoms with Crippen LogP contribution in [0.5, 0.6) is 0 Å². The summed E-state index contributed by atoms with van der Waals surface area (Å²) in [4.78, 5) is 20.8. The predicted octanol–water partition coefficient (Wildman–Crippen LogP) is 4.47. The Kier molecular flexibility index (Phi) is 4.84. The molecule has 0 radical (unpaired) electrons. The van der Waals surface area contributed by atoms with Gasteiger partial charge in [-0.15, -0.1) is 0 Å². The van der Waals surface area contributed by atoms with Gasteiger partial charge in [-0.05, 0) is 30.3 Å². The number of hydrogen-bond acceptors (Lipinski definition) is 7. The molecule has 0 atom stereocenters. The Balaban J connectivity index is 1.48. The van der Waals surface area contributed by atoms with Crippen molar-refractivity contribution < 1.29 is 8.81 Å². The van der Waals surface area contributed by atoms with Crippen LogP contribution < -0.4 is 5.32 Å². The van der Waals surface area contributed by atoms with Crippen LogP contribution in [0.2, 0.25) is 0 Å². The molecule has 0 unspecified atom stereocenters. The Hall–Kier alpha value is -4.44. The third-order valence-corrected chi connectivity index (χ3v) is 5.64. The number of furan rings is 1. The zero-order valence-corrected chi connectivity index (χ0v) is 18.1. The van der Waals surface area contributed by atoms with Crippen molar-refractivity contribution >= 4 is 22.1 Å². The van der Waals surface area contributed by atoms with Crippen LogP contribution in [0.3, 0.4) is 0 Å². The maximum absolute atomic E-state index is 15.8. The molecule has 0 fully saturated rings. The number of pyridine rings is 3. The highest BCUT2D eigenvalue weighted by molar-refractivity contribution is 5.97. The first-order valence-corrected chi connectivity index (χ1v) is 10.8. The van der Waals surface area contributed by atoms with E-state index in [-0.39, 0.29) is 5.69 Å². The average molecular weight is 454 g/mol. The van der Waals surface area contributed by atoms with Crippen LogP contribution in [-0.2, 0) is 6.54 Å². The van der Waals surface area contributed by atoms with E-state index >= 15 is 4.39 Å². The summed E-state index contributed by atoms with van der Waals surface area (Å²) in [6.07, 6.45) is 9.85. The highest BCUT2D eigenvalue weighted by Gasteiger charge is 2.21. The first-order valence-electron chi connectivity index (χ1n) is 10.8. The Labute approximate surface area is 192 Å². The van der Waals surface area contributed by atoms with Crippen molar-refractivity contribution in [2.75, 3.05) is 6.54 Å². The lowest BCUT2D eigenvalue weighted by Gasteiger charge is -2.07. The van der Waals surface area contributed by atoms with Crippen molar-refractivity contribution in [3.05, 3.63) is 66.9 Å². The quantitative estimate of drug-likeness (QED) is 0.340. The van der Waals surface area contributed by atoms with Crippen molar-refractivity contribution in [3.8, 4) is 33.9 Å². The second-order valence-corrected chi connectivity index (χ2v) is 7.80. The number of imidazole rings is 1. The maximum Gasteiger partial charge on any atom is 0.178 e. The molecule has 34 heavy (non-hydrogen) atoms. The summed E-state index contributed by atoms with van der Waals surface area (Å²) in [5.41, 5.74) is 5.54. The van der Waals surface area contributed by atoms with Gasteiger partial charge in [0.15, 0.2) is 17.3 Å². The van der Waals surface area contributed by atoms with Gasteiger partial charge in [-0.2, -0.15) is 5.10 Å². The van der Waals surface area contributed by atoms with Crippen molar-refractivity contribution in [1.29, 1.82) is 0 Å². The molecule has 6 aromatic heterocycles. The Bertz CT molecular complexity index is 1620. The van der Waals surface area contributed by atoms with Crippen LogP contribution >= 0.6 is 0 Å². The molecule has 6 aromatic rings. The van der Waals surface area contributed by atoms with Gasteiger partial charge in [-0.3, -0.25) is 15.1 Å². The van der Waals surface area contributed by atoms with E-state index in [2.05, 4.69) is 40.4 Å². The SMILES string of the molecule is CCNCc1cncc(-c2ncc3[nH]nc(-c4nc5nccc(-c6ccoc6)c5[nH]4)c3c2F)c1. The minimum absolute atomic E-state index is 0.203. The second-order valence-electron chi connectivity index (χ2n) is 7.80. The van der Waals surface area contributed by atoms with E-state index < -0.39 is 5.82 Å². The summed E-state index contributed by atoms with van der Waals surface area (Å²) in [7, 11) is 0. The van der Waals surface area contributed by atoms with Crippen molar-refractivity contribution in [3.63, 3.8) is 0 Å². The summed E-state index contributed by atoms with van der Waals surface area (Å²) in [5.74, 6) is -0.0908.